The molecule has 4 heteroatoms. The molecule has 0 radical (unpaired) electrons. The maximum atomic E-state index is 4.94. The predicted octanol–water partition coefficient (Wildman–Crippen LogP) is 3.55. The Bertz CT molecular complexity index is 449. The Hall–Kier alpha value is -0.610. The Morgan fingerprint density at radius 2 is 1.95 bits per heavy atom. The second-order valence-electron chi connectivity index (χ2n) is 7.28. The first-order chi connectivity index (χ1) is 9.49. The maximum absolute atomic E-state index is 4.94. The summed E-state index contributed by atoms with van der Waals surface area (Å²) in [5, 5.41) is 7.16. The summed E-state index contributed by atoms with van der Waals surface area (Å²) in [4.78, 5) is 7.57. The molecule has 3 nitrogen and oxygen atoms in total. The highest BCUT2D eigenvalue weighted by atomic mass is 32.1. The highest BCUT2D eigenvalue weighted by Crippen LogP contribution is 2.41. The highest BCUT2D eigenvalue weighted by Gasteiger charge is 2.41. The molecule has 1 aromatic heterocycles. The van der Waals surface area contributed by atoms with Crippen LogP contribution in [-0.2, 0) is 5.41 Å². The Morgan fingerprint density at radius 3 is 2.45 bits per heavy atom. The van der Waals surface area contributed by atoms with E-state index in [4.69, 9.17) is 4.98 Å². The standard InChI is InChI=1S/C16H27N3S/c1-5-17-11-8-12-6-7-13(9-11)19(12)15-18-14(10-20-15)16(2,3)4/h10-13,17H,5-9H2,1-4H3. The van der Waals surface area contributed by atoms with E-state index in [0.717, 1.165) is 12.6 Å². The van der Waals surface area contributed by atoms with E-state index in [0.29, 0.717) is 12.1 Å². The van der Waals surface area contributed by atoms with Crippen LogP contribution in [0.1, 0.15) is 59.1 Å². The third kappa shape index (κ3) is 2.60. The molecule has 1 aromatic rings. The number of fused-ring (bicyclic) bond motifs is 2. The molecule has 2 saturated heterocycles. The van der Waals surface area contributed by atoms with Gasteiger partial charge in [-0.2, -0.15) is 0 Å². The summed E-state index contributed by atoms with van der Waals surface area (Å²) >= 11 is 1.84. The van der Waals surface area contributed by atoms with Crippen molar-refractivity contribution in [3.63, 3.8) is 0 Å². The lowest BCUT2D eigenvalue weighted by Gasteiger charge is -2.39. The van der Waals surface area contributed by atoms with Crippen molar-refractivity contribution in [2.24, 2.45) is 0 Å². The van der Waals surface area contributed by atoms with E-state index in [2.05, 4.69) is 43.3 Å². The van der Waals surface area contributed by atoms with E-state index < -0.39 is 0 Å². The summed E-state index contributed by atoms with van der Waals surface area (Å²) in [5.74, 6) is 0. The first-order valence-corrected chi connectivity index (χ1v) is 8.84. The lowest BCUT2D eigenvalue weighted by molar-refractivity contribution is 0.361. The Kier molecular flexibility index (Phi) is 3.80. The summed E-state index contributed by atoms with van der Waals surface area (Å²) in [6, 6.07) is 2.13. The molecule has 2 bridgehead atoms. The zero-order valence-electron chi connectivity index (χ0n) is 13.1. The Labute approximate surface area is 126 Å². The SMILES string of the molecule is CCNC1CC2CCC(C1)N2c1nc(C(C)(C)C)cs1. The molecule has 2 unspecified atom stereocenters. The number of nitrogens with zero attached hydrogens (tertiary/aromatic N) is 2. The van der Waals surface area contributed by atoms with Gasteiger partial charge in [0.1, 0.15) is 0 Å². The highest BCUT2D eigenvalue weighted by molar-refractivity contribution is 7.13. The number of nitrogens with one attached hydrogen (secondary N) is 1. The van der Waals surface area contributed by atoms with Gasteiger partial charge in [0, 0.05) is 28.9 Å². The topological polar surface area (TPSA) is 28.2 Å². The summed E-state index contributed by atoms with van der Waals surface area (Å²) in [6.45, 7) is 10.0. The second kappa shape index (κ2) is 5.30. The van der Waals surface area contributed by atoms with Crippen LogP contribution < -0.4 is 10.2 Å². The van der Waals surface area contributed by atoms with Crippen molar-refractivity contribution >= 4 is 16.5 Å². The molecule has 2 atom stereocenters. The lowest BCUT2D eigenvalue weighted by Crippen LogP contribution is -2.49. The van der Waals surface area contributed by atoms with Gasteiger partial charge in [-0.25, -0.2) is 4.98 Å². The number of rotatable bonds is 3. The molecule has 0 saturated carbocycles. The number of aromatic nitrogens is 1. The minimum absolute atomic E-state index is 0.163. The van der Waals surface area contributed by atoms with Gasteiger partial charge in [-0.3, -0.25) is 0 Å². The van der Waals surface area contributed by atoms with Gasteiger partial charge in [0.05, 0.1) is 5.69 Å². The summed E-state index contributed by atoms with van der Waals surface area (Å²) in [6.07, 6.45) is 5.26. The molecule has 2 aliphatic rings. The third-order valence-corrected chi connectivity index (χ3v) is 5.56. The van der Waals surface area contributed by atoms with E-state index in [1.807, 2.05) is 11.3 Å². The quantitative estimate of drug-likeness (QED) is 0.924. The molecule has 0 aliphatic carbocycles. The molecule has 2 fully saturated rings. The molecule has 20 heavy (non-hydrogen) atoms. The molecular formula is C16H27N3S. The monoisotopic (exact) mass is 293 g/mol. The predicted molar refractivity (Wildman–Crippen MR) is 86.8 cm³/mol. The van der Waals surface area contributed by atoms with Crippen molar-refractivity contribution in [3.8, 4) is 0 Å². The third-order valence-electron chi connectivity index (χ3n) is 4.71. The van der Waals surface area contributed by atoms with Gasteiger partial charge in [0.25, 0.3) is 0 Å². The molecule has 2 aliphatic heterocycles. The zero-order valence-corrected chi connectivity index (χ0v) is 14.0. The van der Waals surface area contributed by atoms with Crippen molar-refractivity contribution in [3.05, 3.63) is 11.1 Å². The fourth-order valence-corrected chi connectivity index (χ4v) is 4.87. The normalized spacial score (nSPS) is 30.0. The van der Waals surface area contributed by atoms with E-state index in [1.54, 1.807) is 0 Å². The first kappa shape index (κ1) is 14.3. The number of anilines is 1. The largest absolute Gasteiger partial charge is 0.342 e. The second-order valence-corrected chi connectivity index (χ2v) is 8.12. The molecule has 3 heterocycles. The smallest absolute Gasteiger partial charge is 0.186 e. The minimum atomic E-state index is 0.163. The average Bonchev–Trinajstić information content (AvgIpc) is 2.92. The van der Waals surface area contributed by atoms with E-state index in [1.165, 1.54) is 36.5 Å². The van der Waals surface area contributed by atoms with Crippen LogP contribution in [0.4, 0.5) is 5.13 Å². The van der Waals surface area contributed by atoms with E-state index >= 15 is 0 Å². The van der Waals surface area contributed by atoms with Crippen molar-refractivity contribution in [1.29, 1.82) is 0 Å². The van der Waals surface area contributed by atoms with Gasteiger partial charge in [0.15, 0.2) is 5.13 Å². The lowest BCUT2D eigenvalue weighted by atomic mass is 9.93. The van der Waals surface area contributed by atoms with Gasteiger partial charge in [0.2, 0.25) is 0 Å². The van der Waals surface area contributed by atoms with Crippen molar-refractivity contribution in [2.75, 3.05) is 11.4 Å². The summed E-state index contributed by atoms with van der Waals surface area (Å²) in [7, 11) is 0. The molecule has 112 valence electrons. The van der Waals surface area contributed by atoms with Gasteiger partial charge >= 0.3 is 0 Å². The van der Waals surface area contributed by atoms with Crippen molar-refractivity contribution in [2.45, 2.75) is 76.9 Å². The Balaban J connectivity index is 1.77. The van der Waals surface area contributed by atoms with Crippen LogP contribution >= 0.6 is 11.3 Å². The fourth-order valence-electron chi connectivity index (χ4n) is 3.67. The van der Waals surface area contributed by atoms with Gasteiger partial charge in [-0.15, -0.1) is 11.3 Å². The molecule has 1 N–H and O–H groups in total. The van der Waals surface area contributed by atoms with Crippen LogP contribution in [0.3, 0.4) is 0 Å². The van der Waals surface area contributed by atoms with Crippen molar-refractivity contribution in [1.82, 2.24) is 10.3 Å². The van der Waals surface area contributed by atoms with Gasteiger partial charge in [-0.1, -0.05) is 27.7 Å². The maximum Gasteiger partial charge on any atom is 0.186 e. The van der Waals surface area contributed by atoms with Crippen LogP contribution in [0.25, 0.3) is 0 Å². The average molecular weight is 293 g/mol. The van der Waals surface area contributed by atoms with Crippen LogP contribution in [-0.4, -0.2) is 29.7 Å². The number of piperidine rings is 1. The van der Waals surface area contributed by atoms with Crippen molar-refractivity contribution < 1.29 is 0 Å². The molecule has 3 rings (SSSR count). The van der Waals surface area contributed by atoms with E-state index in [9.17, 15) is 0 Å². The Morgan fingerprint density at radius 1 is 1.30 bits per heavy atom. The summed E-state index contributed by atoms with van der Waals surface area (Å²) in [5.41, 5.74) is 1.40. The van der Waals surface area contributed by atoms with E-state index in [-0.39, 0.29) is 5.41 Å². The minimum Gasteiger partial charge on any atom is -0.342 e. The first-order valence-electron chi connectivity index (χ1n) is 7.96. The summed E-state index contributed by atoms with van der Waals surface area (Å²) < 4.78 is 0. The zero-order chi connectivity index (χ0) is 14.3. The van der Waals surface area contributed by atoms with Crippen LogP contribution in [0, 0.1) is 0 Å². The van der Waals surface area contributed by atoms with Gasteiger partial charge < -0.3 is 10.2 Å². The molecule has 0 aromatic carbocycles. The van der Waals surface area contributed by atoms with Crippen LogP contribution in [0.2, 0.25) is 0 Å². The van der Waals surface area contributed by atoms with Crippen LogP contribution in [0.5, 0.6) is 0 Å². The molecular weight excluding hydrogens is 266 g/mol. The number of thiazole rings is 1. The molecule has 0 amide bonds. The fraction of sp³-hybridized carbons (Fsp3) is 0.812. The number of hydrogen-bond acceptors (Lipinski definition) is 4. The number of hydrogen-bond donors (Lipinski definition) is 1. The molecule has 0 spiro atoms. The van der Waals surface area contributed by atoms with Gasteiger partial charge in [-0.05, 0) is 32.2 Å². The van der Waals surface area contributed by atoms with Crippen LogP contribution in [0.15, 0.2) is 5.38 Å².